The van der Waals surface area contributed by atoms with Crippen molar-refractivity contribution in [3.8, 4) is 0 Å². The molecule has 0 bridgehead atoms. The lowest BCUT2D eigenvalue weighted by atomic mass is 10.0. The van der Waals surface area contributed by atoms with E-state index in [9.17, 15) is 5.11 Å². The van der Waals surface area contributed by atoms with Crippen LogP contribution in [0.1, 0.15) is 31.7 Å². The van der Waals surface area contributed by atoms with Crippen LogP contribution in [0.5, 0.6) is 0 Å². The van der Waals surface area contributed by atoms with Crippen molar-refractivity contribution in [2.24, 2.45) is 4.99 Å². The molecule has 0 radical (unpaired) electrons. The van der Waals surface area contributed by atoms with E-state index in [4.69, 9.17) is 0 Å². The Morgan fingerprint density at radius 3 is 2.53 bits per heavy atom. The third-order valence-corrected chi connectivity index (χ3v) is 2.85. The van der Waals surface area contributed by atoms with Crippen LogP contribution in [0.2, 0.25) is 0 Å². The Labute approximate surface area is 116 Å². The molecule has 1 unspecified atom stereocenters. The molecule has 0 amide bonds. The Kier molecular flexibility index (Phi) is 7.66. The van der Waals surface area contributed by atoms with Gasteiger partial charge >= 0.3 is 0 Å². The number of nitrogens with zero attached hydrogens (tertiary/aromatic N) is 1. The zero-order valence-electron chi connectivity index (χ0n) is 11.9. The summed E-state index contributed by atoms with van der Waals surface area (Å²) in [4.78, 5) is 4.53. The monoisotopic (exact) mass is 263 g/mol. The molecule has 3 N–H and O–H groups in total. The second kappa shape index (κ2) is 9.39. The van der Waals surface area contributed by atoms with Crippen molar-refractivity contribution in [2.75, 3.05) is 26.2 Å². The Balaban J connectivity index is 2.62. The van der Waals surface area contributed by atoms with Crippen molar-refractivity contribution in [3.63, 3.8) is 0 Å². The van der Waals surface area contributed by atoms with Crippen LogP contribution in [0.15, 0.2) is 35.3 Å². The van der Waals surface area contributed by atoms with E-state index in [1.807, 2.05) is 37.3 Å². The molecule has 0 saturated heterocycles. The minimum absolute atomic E-state index is 0.0540. The average molecular weight is 263 g/mol. The highest BCUT2D eigenvalue weighted by atomic mass is 16.3. The zero-order valence-corrected chi connectivity index (χ0v) is 11.9. The first-order valence-corrected chi connectivity index (χ1v) is 6.99. The SMILES string of the molecule is CCCNC(=NCC(CO)c1ccccc1)NCC. The quantitative estimate of drug-likeness (QED) is 0.519. The molecule has 1 aromatic rings. The van der Waals surface area contributed by atoms with Gasteiger partial charge in [-0.25, -0.2) is 0 Å². The molecule has 0 aromatic heterocycles. The number of aliphatic imine (C=N–C) groups is 1. The largest absolute Gasteiger partial charge is 0.396 e. The molecule has 1 aromatic carbocycles. The molecule has 0 aliphatic carbocycles. The van der Waals surface area contributed by atoms with Gasteiger partial charge in [-0.1, -0.05) is 37.3 Å². The molecule has 0 heterocycles. The van der Waals surface area contributed by atoms with Crippen LogP contribution in [-0.2, 0) is 0 Å². The van der Waals surface area contributed by atoms with Gasteiger partial charge in [0.1, 0.15) is 0 Å². The molecule has 19 heavy (non-hydrogen) atoms. The Morgan fingerprint density at radius 1 is 1.21 bits per heavy atom. The van der Waals surface area contributed by atoms with Crippen LogP contribution in [-0.4, -0.2) is 37.3 Å². The number of hydrogen-bond donors (Lipinski definition) is 3. The van der Waals surface area contributed by atoms with Crippen LogP contribution in [0.4, 0.5) is 0 Å². The van der Waals surface area contributed by atoms with Crippen molar-refractivity contribution in [3.05, 3.63) is 35.9 Å². The predicted octanol–water partition coefficient (Wildman–Crippen LogP) is 1.73. The third kappa shape index (κ3) is 5.75. The van der Waals surface area contributed by atoms with Crippen LogP contribution in [0.25, 0.3) is 0 Å². The molecular formula is C15H25N3O. The van der Waals surface area contributed by atoms with E-state index in [2.05, 4.69) is 22.5 Å². The summed E-state index contributed by atoms with van der Waals surface area (Å²) in [5.41, 5.74) is 1.13. The topological polar surface area (TPSA) is 56.7 Å². The van der Waals surface area contributed by atoms with Crippen molar-refractivity contribution in [1.82, 2.24) is 10.6 Å². The molecule has 4 nitrogen and oxygen atoms in total. The van der Waals surface area contributed by atoms with Crippen molar-refractivity contribution < 1.29 is 5.11 Å². The van der Waals surface area contributed by atoms with Crippen molar-refractivity contribution in [1.29, 1.82) is 0 Å². The Bertz CT molecular complexity index is 365. The minimum Gasteiger partial charge on any atom is -0.396 e. The number of nitrogens with one attached hydrogen (secondary N) is 2. The second-order valence-electron chi connectivity index (χ2n) is 4.44. The first-order valence-electron chi connectivity index (χ1n) is 6.99. The maximum Gasteiger partial charge on any atom is 0.191 e. The van der Waals surface area contributed by atoms with Gasteiger partial charge in [-0.3, -0.25) is 4.99 Å². The van der Waals surface area contributed by atoms with Gasteiger partial charge in [-0.15, -0.1) is 0 Å². The normalized spacial score (nSPS) is 13.1. The fourth-order valence-corrected chi connectivity index (χ4v) is 1.78. The smallest absolute Gasteiger partial charge is 0.191 e. The molecule has 1 rings (SSSR count). The Hall–Kier alpha value is -1.55. The standard InChI is InChI=1S/C15H25N3O/c1-3-10-17-15(16-4-2)18-11-14(12-19)13-8-6-5-7-9-13/h5-9,14,19H,3-4,10-12H2,1-2H3,(H2,16,17,18). The Morgan fingerprint density at radius 2 is 1.95 bits per heavy atom. The highest BCUT2D eigenvalue weighted by Gasteiger charge is 2.09. The van der Waals surface area contributed by atoms with E-state index in [0.717, 1.165) is 31.0 Å². The predicted molar refractivity (Wildman–Crippen MR) is 80.5 cm³/mol. The van der Waals surface area contributed by atoms with Gasteiger partial charge < -0.3 is 15.7 Å². The van der Waals surface area contributed by atoms with Gasteiger partial charge in [0.15, 0.2) is 5.96 Å². The molecule has 106 valence electrons. The minimum atomic E-state index is 0.0540. The van der Waals surface area contributed by atoms with Gasteiger partial charge in [0.25, 0.3) is 0 Å². The fraction of sp³-hybridized carbons (Fsp3) is 0.533. The van der Waals surface area contributed by atoms with Crippen molar-refractivity contribution >= 4 is 5.96 Å². The number of guanidine groups is 1. The van der Waals surface area contributed by atoms with E-state index in [1.54, 1.807) is 0 Å². The van der Waals surface area contributed by atoms with Gasteiger partial charge in [0.05, 0.1) is 13.2 Å². The number of rotatable bonds is 7. The van der Waals surface area contributed by atoms with Gasteiger partial charge in [-0.05, 0) is 18.9 Å². The molecule has 0 spiro atoms. The van der Waals surface area contributed by atoms with Crippen molar-refractivity contribution in [2.45, 2.75) is 26.2 Å². The molecule has 0 aliphatic heterocycles. The second-order valence-corrected chi connectivity index (χ2v) is 4.44. The lowest BCUT2D eigenvalue weighted by Gasteiger charge is -2.14. The summed E-state index contributed by atoms with van der Waals surface area (Å²) in [6, 6.07) is 10.0. The summed E-state index contributed by atoms with van der Waals surface area (Å²) < 4.78 is 0. The molecule has 0 fully saturated rings. The third-order valence-electron chi connectivity index (χ3n) is 2.85. The zero-order chi connectivity index (χ0) is 13.9. The molecular weight excluding hydrogens is 238 g/mol. The molecule has 4 heteroatoms. The summed E-state index contributed by atoms with van der Waals surface area (Å²) >= 11 is 0. The summed E-state index contributed by atoms with van der Waals surface area (Å²) in [7, 11) is 0. The number of aliphatic hydroxyl groups excluding tert-OH is 1. The van der Waals surface area contributed by atoms with Gasteiger partial charge in [0, 0.05) is 19.0 Å². The number of benzene rings is 1. The highest BCUT2D eigenvalue weighted by molar-refractivity contribution is 5.79. The number of aliphatic hydroxyl groups is 1. The first-order chi connectivity index (χ1) is 9.31. The van der Waals surface area contributed by atoms with E-state index < -0.39 is 0 Å². The van der Waals surface area contributed by atoms with Crippen LogP contribution in [0.3, 0.4) is 0 Å². The van der Waals surface area contributed by atoms with Gasteiger partial charge in [-0.2, -0.15) is 0 Å². The molecule has 0 aliphatic rings. The summed E-state index contributed by atoms with van der Waals surface area (Å²) in [5.74, 6) is 0.872. The first kappa shape index (κ1) is 15.5. The maximum absolute atomic E-state index is 9.49. The molecule has 0 saturated carbocycles. The van der Waals surface area contributed by atoms with Crippen LogP contribution in [0, 0.1) is 0 Å². The summed E-state index contributed by atoms with van der Waals surface area (Å²) in [6.45, 7) is 6.60. The summed E-state index contributed by atoms with van der Waals surface area (Å²) in [6.07, 6.45) is 1.06. The highest BCUT2D eigenvalue weighted by Crippen LogP contribution is 2.14. The van der Waals surface area contributed by atoms with Gasteiger partial charge in [0.2, 0.25) is 0 Å². The van der Waals surface area contributed by atoms with E-state index in [1.165, 1.54) is 0 Å². The van der Waals surface area contributed by atoms with E-state index in [0.29, 0.717) is 6.54 Å². The lowest BCUT2D eigenvalue weighted by Crippen LogP contribution is -2.38. The number of hydrogen-bond acceptors (Lipinski definition) is 2. The average Bonchev–Trinajstić information content (AvgIpc) is 2.46. The summed E-state index contributed by atoms with van der Waals surface area (Å²) in [5, 5.41) is 16.0. The van der Waals surface area contributed by atoms with Crippen LogP contribution >= 0.6 is 0 Å². The van der Waals surface area contributed by atoms with Crippen LogP contribution < -0.4 is 10.6 Å². The maximum atomic E-state index is 9.49. The fourth-order valence-electron chi connectivity index (χ4n) is 1.78. The lowest BCUT2D eigenvalue weighted by molar-refractivity contribution is 0.268. The molecule has 1 atom stereocenters. The van der Waals surface area contributed by atoms with E-state index in [-0.39, 0.29) is 12.5 Å². The van der Waals surface area contributed by atoms with E-state index >= 15 is 0 Å².